The third-order valence-corrected chi connectivity index (χ3v) is 38.8. The van der Waals surface area contributed by atoms with Crippen LogP contribution in [-0.2, 0) is 39.7 Å². The summed E-state index contributed by atoms with van der Waals surface area (Å²) < 4.78 is 14.4. The molecular weight excluding hydrogens is 1260 g/mol. The van der Waals surface area contributed by atoms with Crippen LogP contribution < -0.4 is 20.7 Å². The van der Waals surface area contributed by atoms with Crippen LogP contribution in [0, 0.1) is 69.0 Å². The van der Waals surface area contributed by atoms with Gasteiger partial charge in [0.05, 0.1) is 31.5 Å². The zero-order chi connectivity index (χ0) is 70.3. The van der Waals surface area contributed by atoms with Crippen molar-refractivity contribution in [1.29, 1.82) is 0 Å². The second kappa shape index (κ2) is 29.7. The molecule has 6 aromatic rings. The smallest absolute Gasteiger partial charge is 0.261 e. The Bertz CT molecular complexity index is 3680. The molecule has 0 amide bonds. The molecular formula is C92H122O6Si2. The van der Waals surface area contributed by atoms with E-state index in [0.717, 1.165) is 75.0 Å². The molecule has 100 heavy (non-hydrogen) atoms. The summed E-state index contributed by atoms with van der Waals surface area (Å²) in [7, 11) is -5.16. The minimum absolute atomic E-state index is 0.0382. The largest absolute Gasteiger partial charge is 0.403 e. The van der Waals surface area contributed by atoms with Crippen LogP contribution >= 0.6 is 0 Å². The van der Waals surface area contributed by atoms with E-state index in [1.807, 2.05) is 6.08 Å². The van der Waals surface area contributed by atoms with Crippen molar-refractivity contribution in [3.05, 3.63) is 215 Å². The highest BCUT2D eigenvalue weighted by atomic mass is 28.4. The van der Waals surface area contributed by atoms with Gasteiger partial charge < -0.3 is 24.2 Å². The molecule has 0 aromatic heterocycles. The van der Waals surface area contributed by atoms with Crippen LogP contribution in [0.5, 0.6) is 0 Å². The summed E-state index contributed by atoms with van der Waals surface area (Å²) >= 11 is 0. The fourth-order valence-corrected chi connectivity index (χ4v) is 33.2. The van der Waals surface area contributed by atoms with Crippen molar-refractivity contribution in [2.24, 2.45) is 69.0 Å². The standard InChI is InChI=1S/C46H62O3Si.C46H60O3Si/c2*1-33(47)41-24-25-43-40-23-22-36-31-37(48)26-29-45(36,5)42(40)27-30-46(41,43)28-12-13-34-18-20-35(21-19-34)32-49-50(44(2,3)4,38-14-8-6-9-15-38)39-16-10-7-11-17-39/h6-11,14-21,31,33,37,40-43,47-48H,12-13,22-30,32H2,1-5H3;6-11,14-21,31,33,40-43,47H,12-13,22-30,32H2,1-5H3/t33?,37?,40-,41-,42-,43+,45-,46-;33?,40-,41-,42-,43+,45-,46-/m11/s1. The van der Waals surface area contributed by atoms with Gasteiger partial charge in [-0.3, -0.25) is 4.79 Å². The van der Waals surface area contributed by atoms with E-state index in [-0.39, 0.29) is 50.0 Å². The predicted molar refractivity (Wildman–Crippen MR) is 417 cm³/mol. The molecule has 534 valence electrons. The van der Waals surface area contributed by atoms with E-state index in [4.69, 9.17) is 8.85 Å². The number of aliphatic hydroxyl groups is 3. The fraction of sp³-hybridized carbons (Fsp3) is 0.554. The summed E-state index contributed by atoms with van der Waals surface area (Å²) in [5, 5.41) is 37.9. The van der Waals surface area contributed by atoms with Crippen LogP contribution in [0.2, 0.25) is 10.1 Å². The lowest BCUT2D eigenvalue weighted by Crippen LogP contribution is -2.66. The van der Waals surface area contributed by atoms with E-state index in [2.05, 4.69) is 245 Å². The van der Waals surface area contributed by atoms with Crippen LogP contribution in [0.25, 0.3) is 0 Å². The zero-order valence-electron chi connectivity index (χ0n) is 62.7. The molecule has 0 radical (unpaired) electrons. The van der Waals surface area contributed by atoms with E-state index < -0.39 is 16.6 Å². The van der Waals surface area contributed by atoms with Gasteiger partial charge in [0.1, 0.15) is 0 Å². The number of carbonyl (C=O) groups is 1. The topological polar surface area (TPSA) is 96.2 Å². The Morgan fingerprint density at radius 3 is 1.19 bits per heavy atom. The van der Waals surface area contributed by atoms with Gasteiger partial charge in [-0.05, 0) is 277 Å². The average Bonchev–Trinajstić information content (AvgIpc) is 1.40. The second-order valence-corrected chi connectivity index (χ2v) is 44.3. The first-order chi connectivity index (χ1) is 48.0. The molecule has 14 rings (SSSR count). The molecule has 15 atom stereocenters. The lowest BCUT2D eigenvalue weighted by atomic mass is 9.45. The van der Waals surface area contributed by atoms with E-state index >= 15 is 0 Å². The van der Waals surface area contributed by atoms with Gasteiger partial charge in [-0.15, -0.1) is 0 Å². The van der Waals surface area contributed by atoms with Gasteiger partial charge >= 0.3 is 0 Å². The molecule has 0 aliphatic heterocycles. The molecule has 3 N–H and O–H groups in total. The Morgan fingerprint density at radius 2 is 0.810 bits per heavy atom. The number of carbonyl (C=O) groups excluding carboxylic acids is 1. The van der Waals surface area contributed by atoms with Crippen LogP contribution in [0.15, 0.2) is 193 Å². The van der Waals surface area contributed by atoms with Crippen molar-refractivity contribution in [2.45, 2.75) is 252 Å². The second-order valence-electron chi connectivity index (χ2n) is 35.7. The van der Waals surface area contributed by atoms with Crippen molar-refractivity contribution in [3.8, 4) is 0 Å². The molecule has 8 heteroatoms. The maximum Gasteiger partial charge on any atom is 0.261 e. The molecule has 0 heterocycles. The maximum absolute atomic E-state index is 12.3. The molecule has 0 saturated heterocycles. The number of fused-ring (bicyclic) bond motifs is 10. The maximum atomic E-state index is 12.3. The first-order valence-electron chi connectivity index (χ1n) is 39.6. The Balaban J connectivity index is 0.000000179. The lowest BCUT2D eigenvalue weighted by Gasteiger charge is -2.59. The van der Waals surface area contributed by atoms with Crippen LogP contribution in [-0.4, -0.2) is 56.0 Å². The summed E-state index contributed by atoms with van der Waals surface area (Å²) in [6, 6.07) is 62.2. The summed E-state index contributed by atoms with van der Waals surface area (Å²) in [5.41, 5.74) is 9.27. The number of aryl methyl sites for hydroxylation is 2. The number of rotatable bonds is 20. The number of ketones is 1. The number of hydrogen-bond acceptors (Lipinski definition) is 6. The van der Waals surface area contributed by atoms with Crippen molar-refractivity contribution in [1.82, 2.24) is 0 Å². The molecule has 6 fully saturated rings. The van der Waals surface area contributed by atoms with Crippen LogP contribution in [0.3, 0.4) is 0 Å². The SMILES string of the molecule is CC(O)[C@H]1CC[C@H]2[C@@H]3CCC4=CC(=O)CC[C@@]4(C)[C@@H]3CC[C@]12CCCc1ccc(CO[Si](c2ccccc2)(c2ccccc2)C(C)(C)C)cc1.CC(O)[C@H]1CC[C@H]2[C@@H]3CCC4=CC(O)CC[C@@]4(C)[C@@H]3CC[C@]12CCCc1ccc(CO[Si](c2ccccc2)(c2ccccc2)C(C)(C)C)cc1. The van der Waals surface area contributed by atoms with Gasteiger partial charge in [-0.25, -0.2) is 0 Å². The molecule has 8 aliphatic carbocycles. The minimum atomic E-state index is -2.58. The summed E-state index contributed by atoms with van der Waals surface area (Å²) in [6.07, 6.45) is 29.0. The van der Waals surface area contributed by atoms with Crippen molar-refractivity contribution in [2.75, 3.05) is 0 Å². The first-order valence-corrected chi connectivity index (χ1v) is 43.4. The van der Waals surface area contributed by atoms with Crippen molar-refractivity contribution < 1.29 is 29.0 Å². The molecule has 6 aromatic carbocycles. The quantitative estimate of drug-likeness (QED) is 0.0521. The normalized spacial score (nSPS) is 30.9. The van der Waals surface area contributed by atoms with E-state index in [0.29, 0.717) is 42.7 Å². The monoisotopic (exact) mass is 1380 g/mol. The lowest BCUT2D eigenvalue weighted by molar-refractivity contribution is -0.118. The van der Waals surface area contributed by atoms with Gasteiger partial charge in [-0.1, -0.05) is 242 Å². The van der Waals surface area contributed by atoms with Crippen LogP contribution in [0.4, 0.5) is 0 Å². The molecule has 3 unspecified atom stereocenters. The fourth-order valence-electron chi connectivity index (χ4n) is 24.2. The molecule has 0 bridgehead atoms. The molecule has 0 spiro atoms. The third-order valence-electron chi connectivity index (χ3n) is 28.8. The highest BCUT2D eigenvalue weighted by Gasteiger charge is 2.63. The summed E-state index contributed by atoms with van der Waals surface area (Å²) in [6.45, 7) is 24.4. The third kappa shape index (κ3) is 13.7. The highest BCUT2D eigenvalue weighted by Crippen LogP contribution is 2.70. The predicted octanol–water partition coefficient (Wildman–Crippen LogP) is 19.0. The van der Waals surface area contributed by atoms with Crippen molar-refractivity contribution in [3.63, 3.8) is 0 Å². The molecule has 6 nitrogen and oxygen atoms in total. The molecule has 6 saturated carbocycles. The minimum Gasteiger partial charge on any atom is -0.403 e. The number of benzene rings is 6. The number of hydrogen-bond donors (Lipinski definition) is 3. The zero-order valence-corrected chi connectivity index (χ0v) is 64.7. The van der Waals surface area contributed by atoms with Crippen LogP contribution in [0.1, 0.15) is 220 Å². The van der Waals surface area contributed by atoms with Gasteiger partial charge in [0.25, 0.3) is 16.6 Å². The first kappa shape index (κ1) is 73.0. The highest BCUT2D eigenvalue weighted by molar-refractivity contribution is 7.00. The van der Waals surface area contributed by atoms with Gasteiger partial charge in [0, 0.05) is 6.42 Å². The average molecular weight is 1380 g/mol. The Morgan fingerprint density at radius 1 is 0.440 bits per heavy atom. The van der Waals surface area contributed by atoms with E-state index in [9.17, 15) is 20.1 Å². The molecule has 8 aliphatic rings. The van der Waals surface area contributed by atoms with Gasteiger partial charge in [-0.2, -0.15) is 0 Å². The number of aliphatic hydroxyl groups excluding tert-OH is 3. The Hall–Kier alpha value is -5.30. The Kier molecular flexibility index (Phi) is 21.7. The number of allylic oxidation sites excluding steroid dienone is 2. The van der Waals surface area contributed by atoms with Gasteiger partial charge in [0.2, 0.25) is 0 Å². The van der Waals surface area contributed by atoms with Crippen molar-refractivity contribution >= 4 is 43.2 Å². The van der Waals surface area contributed by atoms with E-state index in [1.165, 1.54) is 138 Å². The van der Waals surface area contributed by atoms with Gasteiger partial charge in [0.15, 0.2) is 5.78 Å². The Labute approximate surface area is 605 Å². The summed E-state index contributed by atoms with van der Waals surface area (Å²) in [5.74, 6) is 5.54. The van der Waals surface area contributed by atoms with E-state index in [1.54, 1.807) is 5.57 Å². The summed E-state index contributed by atoms with van der Waals surface area (Å²) in [4.78, 5) is 12.3.